The lowest BCUT2D eigenvalue weighted by molar-refractivity contribution is -0.140. The van der Waals surface area contributed by atoms with Crippen LogP contribution in [0.1, 0.15) is 44.7 Å². The van der Waals surface area contributed by atoms with Gasteiger partial charge in [0.15, 0.2) is 5.13 Å². The standard InChI is InChI=1S/C29H28F3N3O4S/c1-5-38-26(36)23-16(3)33-17(4)24(27(37)39-6-2)25(23)19-10-8-12-21(14-19)34-28-35-22(15-40-28)18-9-7-11-20(13-18)29(30,31)32/h7-15,25,33H,5-6H2,1-4H3,(H,34,35). The minimum Gasteiger partial charge on any atom is -0.463 e. The molecule has 0 amide bonds. The van der Waals surface area contributed by atoms with Gasteiger partial charge in [0.2, 0.25) is 0 Å². The molecule has 2 aromatic carbocycles. The highest BCUT2D eigenvalue weighted by molar-refractivity contribution is 7.14. The van der Waals surface area contributed by atoms with Gasteiger partial charge in [0.1, 0.15) is 0 Å². The number of nitrogens with zero attached hydrogens (tertiary/aromatic N) is 1. The molecule has 1 aliphatic heterocycles. The van der Waals surface area contributed by atoms with E-state index in [0.29, 0.717) is 50.2 Å². The highest BCUT2D eigenvalue weighted by atomic mass is 32.1. The molecule has 210 valence electrons. The van der Waals surface area contributed by atoms with Crippen molar-refractivity contribution < 1.29 is 32.2 Å². The number of aromatic nitrogens is 1. The minimum atomic E-state index is -4.45. The van der Waals surface area contributed by atoms with Crippen LogP contribution in [0.2, 0.25) is 0 Å². The summed E-state index contributed by atoms with van der Waals surface area (Å²) in [5.41, 5.74) is 3.00. The summed E-state index contributed by atoms with van der Waals surface area (Å²) in [4.78, 5) is 30.5. The molecule has 4 rings (SSSR count). The van der Waals surface area contributed by atoms with Crippen LogP contribution in [0.15, 0.2) is 76.5 Å². The van der Waals surface area contributed by atoms with Crippen molar-refractivity contribution in [2.24, 2.45) is 0 Å². The number of esters is 2. The molecule has 0 atom stereocenters. The summed E-state index contributed by atoms with van der Waals surface area (Å²) in [7, 11) is 0. The lowest BCUT2D eigenvalue weighted by Gasteiger charge is -2.30. The topological polar surface area (TPSA) is 89.5 Å². The van der Waals surface area contributed by atoms with Gasteiger partial charge >= 0.3 is 18.1 Å². The molecule has 0 aliphatic carbocycles. The second-order valence-corrected chi connectivity index (χ2v) is 9.80. The van der Waals surface area contributed by atoms with Crippen LogP contribution in [0.4, 0.5) is 24.0 Å². The number of carbonyl (C=O) groups is 2. The zero-order chi connectivity index (χ0) is 29.0. The molecule has 7 nitrogen and oxygen atoms in total. The summed E-state index contributed by atoms with van der Waals surface area (Å²) in [6, 6.07) is 12.2. The maximum absolute atomic E-state index is 13.2. The van der Waals surface area contributed by atoms with E-state index >= 15 is 0 Å². The van der Waals surface area contributed by atoms with Gasteiger partial charge in [-0.1, -0.05) is 24.3 Å². The normalized spacial score (nSPS) is 14.2. The Morgan fingerprint density at radius 1 is 0.975 bits per heavy atom. The Kier molecular flexibility index (Phi) is 8.63. The van der Waals surface area contributed by atoms with Crippen molar-refractivity contribution in [3.63, 3.8) is 0 Å². The number of hydrogen-bond acceptors (Lipinski definition) is 8. The van der Waals surface area contributed by atoms with E-state index in [2.05, 4.69) is 15.6 Å². The molecular weight excluding hydrogens is 543 g/mol. The number of ether oxygens (including phenoxy) is 2. The number of thiazole rings is 1. The average molecular weight is 572 g/mol. The summed E-state index contributed by atoms with van der Waals surface area (Å²) in [5.74, 6) is -1.84. The van der Waals surface area contributed by atoms with E-state index in [-0.39, 0.29) is 13.2 Å². The number of benzene rings is 2. The number of dihydropyridines is 1. The average Bonchev–Trinajstić information content (AvgIpc) is 3.36. The van der Waals surface area contributed by atoms with Crippen LogP contribution >= 0.6 is 11.3 Å². The quantitative estimate of drug-likeness (QED) is 0.283. The number of carbonyl (C=O) groups excluding carboxylic acids is 2. The Bertz CT molecular complexity index is 1450. The molecule has 2 heterocycles. The van der Waals surface area contributed by atoms with Crippen LogP contribution in [0.5, 0.6) is 0 Å². The molecule has 0 unspecified atom stereocenters. The van der Waals surface area contributed by atoms with Crippen molar-refractivity contribution in [2.45, 2.75) is 39.8 Å². The molecular formula is C29H28F3N3O4S. The first-order valence-corrected chi connectivity index (χ1v) is 13.4. The van der Waals surface area contributed by atoms with Gasteiger partial charge in [-0.15, -0.1) is 11.3 Å². The highest BCUT2D eigenvalue weighted by Crippen LogP contribution is 2.40. The first-order valence-electron chi connectivity index (χ1n) is 12.6. The summed E-state index contributed by atoms with van der Waals surface area (Å²) < 4.78 is 50.1. The second kappa shape index (κ2) is 12.0. The highest BCUT2D eigenvalue weighted by Gasteiger charge is 2.38. The van der Waals surface area contributed by atoms with Crippen molar-refractivity contribution in [3.05, 3.63) is 87.6 Å². The number of nitrogens with one attached hydrogen (secondary N) is 2. The number of allylic oxidation sites excluding steroid dienone is 2. The van der Waals surface area contributed by atoms with Crippen LogP contribution in [0, 0.1) is 0 Å². The molecule has 0 bridgehead atoms. The molecule has 11 heteroatoms. The Hall–Kier alpha value is -4.12. The summed E-state index contributed by atoms with van der Waals surface area (Å²) in [6.07, 6.45) is -4.45. The number of alkyl halides is 3. The largest absolute Gasteiger partial charge is 0.463 e. The van der Waals surface area contributed by atoms with Crippen LogP contribution in [-0.4, -0.2) is 30.1 Å². The van der Waals surface area contributed by atoms with E-state index in [9.17, 15) is 22.8 Å². The lowest BCUT2D eigenvalue weighted by atomic mass is 9.80. The molecule has 1 aliphatic rings. The first-order chi connectivity index (χ1) is 19.0. The van der Waals surface area contributed by atoms with Gasteiger partial charge in [-0.3, -0.25) is 0 Å². The molecule has 2 N–H and O–H groups in total. The number of rotatable bonds is 8. The van der Waals surface area contributed by atoms with Crippen LogP contribution in [0.25, 0.3) is 11.3 Å². The Morgan fingerprint density at radius 2 is 1.60 bits per heavy atom. The minimum absolute atomic E-state index is 0.166. The van der Waals surface area contributed by atoms with Gasteiger partial charge in [0, 0.05) is 28.0 Å². The van der Waals surface area contributed by atoms with E-state index in [0.717, 1.165) is 12.1 Å². The Morgan fingerprint density at radius 3 is 2.20 bits per heavy atom. The lowest BCUT2D eigenvalue weighted by Crippen LogP contribution is -2.32. The maximum atomic E-state index is 13.2. The molecule has 0 radical (unpaired) electrons. The van der Waals surface area contributed by atoms with Crippen molar-refractivity contribution >= 4 is 34.1 Å². The van der Waals surface area contributed by atoms with Crippen LogP contribution in [0.3, 0.4) is 0 Å². The maximum Gasteiger partial charge on any atom is 0.416 e. The molecule has 0 saturated carbocycles. The van der Waals surface area contributed by atoms with E-state index in [1.807, 2.05) is 0 Å². The van der Waals surface area contributed by atoms with Gasteiger partial charge in [0.25, 0.3) is 0 Å². The third-order valence-electron chi connectivity index (χ3n) is 6.21. The third kappa shape index (κ3) is 6.20. The zero-order valence-corrected chi connectivity index (χ0v) is 23.1. The molecule has 0 fully saturated rings. The van der Waals surface area contributed by atoms with Gasteiger partial charge in [-0.2, -0.15) is 13.2 Å². The SMILES string of the molecule is CCOC(=O)C1=C(C)NC(C)=C(C(=O)OCC)C1c1cccc(Nc2nc(-c3cccc(C(F)(F)F)c3)cs2)c1. The van der Waals surface area contributed by atoms with Gasteiger partial charge < -0.3 is 20.1 Å². The fourth-order valence-corrected chi connectivity index (χ4v) is 5.26. The van der Waals surface area contributed by atoms with Crippen molar-refractivity contribution in [1.29, 1.82) is 0 Å². The monoisotopic (exact) mass is 571 g/mol. The van der Waals surface area contributed by atoms with Crippen LogP contribution in [-0.2, 0) is 25.2 Å². The third-order valence-corrected chi connectivity index (χ3v) is 6.97. The van der Waals surface area contributed by atoms with Gasteiger partial charge in [-0.25, -0.2) is 14.6 Å². The number of halogens is 3. The fraction of sp³-hybridized carbons (Fsp3) is 0.276. The number of hydrogen-bond donors (Lipinski definition) is 2. The molecule has 3 aromatic rings. The Balaban J connectivity index is 1.68. The van der Waals surface area contributed by atoms with E-state index < -0.39 is 29.6 Å². The summed E-state index contributed by atoms with van der Waals surface area (Å²) in [5, 5.41) is 8.42. The van der Waals surface area contributed by atoms with E-state index in [4.69, 9.17) is 9.47 Å². The van der Waals surface area contributed by atoms with E-state index in [1.54, 1.807) is 63.4 Å². The smallest absolute Gasteiger partial charge is 0.416 e. The van der Waals surface area contributed by atoms with Gasteiger partial charge in [0.05, 0.1) is 41.5 Å². The first kappa shape index (κ1) is 28.9. The molecule has 0 saturated heterocycles. The molecule has 0 spiro atoms. The predicted molar refractivity (Wildman–Crippen MR) is 147 cm³/mol. The van der Waals surface area contributed by atoms with E-state index in [1.165, 1.54) is 17.4 Å². The summed E-state index contributed by atoms with van der Waals surface area (Å²) in [6.45, 7) is 7.24. The number of anilines is 2. The Labute approximate surface area is 233 Å². The second-order valence-electron chi connectivity index (χ2n) is 8.94. The van der Waals surface area contributed by atoms with Gasteiger partial charge in [-0.05, 0) is 57.5 Å². The van der Waals surface area contributed by atoms with Crippen LogP contribution < -0.4 is 10.6 Å². The van der Waals surface area contributed by atoms with Crippen molar-refractivity contribution in [1.82, 2.24) is 10.3 Å². The predicted octanol–water partition coefficient (Wildman–Crippen LogP) is 6.93. The molecule has 40 heavy (non-hydrogen) atoms. The zero-order valence-electron chi connectivity index (χ0n) is 22.3. The molecule has 1 aromatic heterocycles. The summed E-state index contributed by atoms with van der Waals surface area (Å²) >= 11 is 1.24. The fourth-order valence-electron chi connectivity index (χ4n) is 4.52. The van der Waals surface area contributed by atoms with Crippen molar-refractivity contribution in [3.8, 4) is 11.3 Å². The van der Waals surface area contributed by atoms with Crippen molar-refractivity contribution in [2.75, 3.05) is 18.5 Å².